The van der Waals surface area contributed by atoms with E-state index in [-0.39, 0.29) is 5.56 Å². The van der Waals surface area contributed by atoms with Gasteiger partial charge < -0.3 is 5.32 Å². The van der Waals surface area contributed by atoms with Gasteiger partial charge in [-0.1, -0.05) is 6.42 Å². The fourth-order valence-electron chi connectivity index (χ4n) is 2.17. The minimum absolute atomic E-state index is 0.0916. The van der Waals surface area contributed by atoms with Crippen molar-refractivity contribution < 1.29 is 0 Å². The quantitative estimate of drug-likeness (QED) is 0.847. The maximum absolute atomic E-state index is 12.0. The summed E-state index contributed by atoms with van der Waals surface area (Å²) in [6.45, 7) is 3.75. The van der Waals surface area contributed by atoms with Crippen LogP contribution < -0.4 is 10.9 Å². The first-order valence-corrected chi connectivity index (χ1v) is 7.21. The molecule has 1 aromatic rings. The van der Waals surface area contributed by atoms with Crippen molar-refractivity contribution >= 4 is 22.6 Å². The molecule has 0 bridgehead atoms. The summed E-state index contributed by atoms with van der Waals surface area (Å²) in [6, 6.07) is 0.564. The van der Waals surface area contributed by atoms with Gasteiger partial charge in [0.2, 0.25) is 0 Å². The second kappa shape index (κ2) is 5.95. The number of piperidine rings is 1. The molecule has 5 heteroatoms. The van der Waals surface area contributed by atoms with Crippen LogP contribution in [-0.4, -0.2) is 22.1 Å². The van der Waals surface area contributed by atoms with E-state index >= 15 is 0 Å². The molecule has 2 heterocycles. The van der Waals surface area contributed by atoms with Gasteiger partial charge in [-0.15, -0.1) is 0 Å². The lowest BCUT2D eigenvalue weighted by Gasteiger charge is -2.23. The number of halogens is 1. The van der Waals surface area contributed by atoms with Crippen molar-refractivity contribution in [2.75, 3.05) is 6.54 Å². The predicted molar refractivity (Wildman–Crippen MR) is 76.2 cm³/mol. The summed E-state index contributed by atoms with van der Waals surface area (Å²) in [4.78, 5) is 16.2. The summed E-state index contributed by atoms with van der Waals surface area (Å²) >= 11 is 2.08. The number of aryl methyl sites for hydroxylation is 2. The molecular formula is C12H18IN3O. The van der Waals surface area contributed by atoms with Gasteiger partial charge in [-0.3, -0.25) is 9.36 Å². The van der Waals surface area contributed by atoms with Crippen molar-refractivity contribution in [3.05, 3.63) is 25.9 Å². The van der Waals surface area contributed by atoms with E-state index < -0.39 is 0 Å². The SMILES string of the molecule is Cc1ncn(CCC2CCCCN2)c(=O)c1I. The number of nitrogens with zero attached hydrogens (tertiary/aromatic N) is 2. The Morgan fingerprint density at radius 3 is 3.12 bits per heavy atom. The molecule has 0 aliphatic carbocycles. The maximum Gasteiger partial charge on any atom is 0.266 e. The number of aromatic nitrogens is 2. The van der Waals surface area contributed by atoms with E-state index in [4.69, 9.17) is 0 Å². The van der Waals surface area contributed by atoms with E-state index in [1.54, 1.807) is 10.9 Å². The summed E-state index contributed by atoms with van der Waals surface area (Å²) in [6.07, 6.45) is 6.49. The third-order valence-electron chi connectivity index (χ3n) is 3.29. The summed E-state index contributed by atoms with van der Waals surface area (Å²) in [7, 11) is 0. The lowest BCUT2D eigenvalue weighted by Crippen LogP contribution is -2.36. The molecule has 0 saturated carbocycles. The Labute approximate surface area is 115 Å². The third-order valence-corrected chi connectivity index (χ3v) is 4.53. The standard InChI is InChI=1S/C12H18IN3O/c1-9-11(13)12(17)16(8-15-9)7-5-10-4-2-3-6-14-10/h8,10,14H,2-7H2,1H3. The van der Waals surface area contributed by atoms with Crippen molar-refractivity contribution in [1.29, 1.82) is 0 Å². The van der Waals surface area contributed by atoms with E-state index in [9.17, 15) is 4.79 Å². The molecule has 1 aromatic heterocycles. The van der Waals surface area contributed by atoms with Crippen molar-refractivity contribution in [3.8, 4) is 0 Å². The van der Waals surface area contributed by atoms with E-state index in [2.05, 4.69) is 32.9 Å². The number of rotatable bonds is 3. The summed E-state index contributed by atoms with van der Waals surface area (Å²) in [5, 5.41) is 3.50. The van der Waals surface area contributed by atoms with Crippen LogP contribution in [0.4, 0.5) is 0 Å². The highest BCUT2D eigenvalue weighted by molar-refractivity contribution is 14.1. The van der Waals surface area contributed by atoms with Crippen molar-refractivity contribution in [2.24, 2.45) is 0 Å². The molecule has 1 saturated heterocycles. The minimum atomic E-state index is 0.0916. The van der Waals surface area contributed by atoms with Crippen LogP contribution in [-0.2, 0) is 6.54 Å². The Hall–Kier alpha value is -0.430. The second-order valence-electron chi connectivity index (χ2n) is 4.58. The van der Waals surface area contributed by atoms with Gasteiger partial charge in [-0.25, -0.2) is 4.98 Å². The van der Waals surface area contributed by atoms with Gasteiger partial charge in [-0.2, -0.15) is 0 Å². The topological polar surface area (TPSA) is 46.9 Å². The van der Waals surface area contributed by atoms with E-state index in [0.717, 1.165) is 28.8 Å². The molecule has 1 aliphatic rings. The summed E-state index contributed by atoms with van der Waals surface area (Å²) in [5.41, 5.74) is 0.913. The molecule has 0 spiro atoms. The number of hydrogen-bond donors (Lipinski definition) is 1. The van der Waals surface area contributed by atoms with Crippen molar-refractivity contribution in [2.45, 2.75) is 45.2 Å². The van der Waals surface area contributed by atoms with Gasteiger partial charge in [0.05, 0.1) is 15.6 Å². The minimum Gasteiger partial charge on any atom is -0.314 e. The predicted octanol–water partition coefficient (Wildman–Crippen LogP) is 1.69. The van der Waals surface area contributed by atoms with E-state index in [1.807, 2.05) is 6.92 Å². The van der Waals surface area contributed by atoms with Gasteiger partial charge >= 0.3 is 0 Å². The lowest BCUT2D eigenvalue weighted by molar-refractivity contribution is 0.364. The highest BCUT2D eigenvalue weighted by Crippen LogP contribution is 2.10. The van der Waals surface area contributed by atoms with Crippen LogP contribution in [0.2, 0.25) is 0 Å². The lowest BCUT2D eigenvalue weighted by atomic mass is 10.0. The Bertz CT molecular complexity index is 438. The van der Waals surface area contributed by atoms with Crippen LogP contribution in [0.5, 0.6) is 0 Å². The first kappa shape index (κ1) is 13.0. The normalized spacial score (nSPS) is 20.5. The second-order valence-corrected chi connectivity index (χ2v) is 5.66. The van der Waals surface area contributed by atoms with Gasteiger partial charge in [0.25, 0.3) is 5.56 Å². The average Bonchev–Trinajstić information content (AvgIpc) is 2.36. The first-order chi connectivity index (χ1) is 8.18. The maximum atomic E-state index is 12.0. The largest absolute Gasteiger partial charge is 0.314 e. The molecular weight excluding hydrogens is 329 g/mol. The molecule has 17 heavy (non-hydrogen) atoms. The Morgan fingerprint density at radius 1 is 1.59 bits per heavy atom. The van der Waals surface area contributed by atoms with Crippen molar-refractivity contribution in [1.82, 2.24) is 14.9 Å². The zero-order chi connectivity index (χ0) is 12.3. The van der Waals surface area contributed by atoms with Crippen LogP contribution in [0, 0.1) is 10.5 Å². The van der Waals surface area contributed by atoms with Gasteiger partial charge in [0, 0.05) is 12.6 Å². The molecule has 1 atom stereocenters. The molecule has 4 nitrogen and oxygen atoms in total. The Balaban J connectivity index is 1.99. The molecule has 1 fully saturated rings. The van der Waals surface area contributed by atoms with Gasteiger partial charge in [0.1, 0.15) is 0 Å². The molecule has 2 rings (SSSR count). The molecule has 1 aliphatic heterocycles. The molecule has 0 amide bonds. The third kappa shape index (κ3) is 3.28. The molecule has 1 N–H and O–H groups in total. The fourth-order valence-corrected chi connectivity index (χ4v) is 2.62. The molecule has 0 radical (unpaired) electrons. The highest BCUT2D eigenvalue weighted by atomic mass is 127. The van der Waals surface area contributed by atoms with Crippen LogP contribution in [0.25, 0.3) is 0 Å². The zero-order valence-corrected chi connectivity index (χ0v) is 12.2. The number of nitrogens with one attached hydrogen (secondary N) is 1. The molecule has 94 valence electrons. The molecule has 1 unspecified atom stereocenters. The monoisotopic (exact) mass is 347 g/mol. The van der Waals surface area contributed by atoms with Crippen LogP contribution >= 0.6 is 22.6 Å². The van der Waals surface area contributed by atoms with Crippen LogP contribution in [0.3, 0.4) is 0 Å². The molecule has 0 aromatic carbocycles. The van der Waals surface area contributed by atoms with Crippen LogP contribution in [0.15, 0.2) is 11.1 Å². The summed E-state index contributed by atoms with van der Waals surface area (Å²) in [5.74, 6) is 0. The van der Waals surface area contributed by atoms with Gasteiger partial charge in [0.15, 0.2) is 0 Å². The number of hydrogen-bond acceptors (Lipinski definition) is 3. The first-order valence-electron chi connectivity index (χ1n) is 6.13. The summed E-state index contributed by atoms with van der Waals surface area (Å²) < 4.78 is 2.46. The fraction of sp³-hybridized carbons (Fsp3) is 0.667. The van der Waals surface area contributed by atoms with E-state index in [1.165, 1.54) is 19.3 Å². The van der Waals surface area contributed by atoms with Crippen molar-refractivity contribution in [3.63, 3.8) is 0 Å². The van der Waals surface area contributed by atoms with Gasteiger partial charge in [-0.05, 0) is 55.3 Å². The van der Waals surface area contributed by atoms with E-state index in [0.29, 0.717) is 6.04 Å². The smallest absolute Gasteiger partial charge is 0.266 e. The Kier molecular flexibility index (Phi) is 4.55. The highest BCUT2D eigenvalue weighted by Gasteiger charge is 2.13. The zero-order valence-electron chi connectivity index (χ0n) is 10.1. The average molecular weight is 347 g/mol. The Morgan fingerprint density at radius 2 is 2.41 bits per heavy atom. The van der Waals surface area contributed by atoms with Crippen LogP contribution in [0.1, 0.15) is 31.4 Å².